The van der Waals surface area contributed by atoms with Crippen LogP contribution in [0.25, 0.3) is 0 Å². The van der Waals surface area contributed by atoms with E-state index in [9.17, 15) is 14.4 Å². The number of hydrogen-bond acceptors (Lipinski definition) is 4. The van der Waals surface area contributed by atoms with E-state index < -0.39 is 12.0 Å². The maximum absolute atomic E-state index is 12.8. The highest BCUT2D eigenvalue weighted by Gasteiger charge is 2.40. The van der Waals surface area contributed by atoms with Crippen molar-refractivity contribution < 1.29 is 19.1 Å². The van der Waals surface area contributed by atoms with Crippen molar-refractivity contribution in [3.8, 4) is 0 Å². The number of esters is 1. The number of nitrogens with zero attached hydrogens (tertiary/aromatic N) is 1. The lowest BCUT2D eigenvalue weighted by Gasteiger charge is -2.20. The average molecular weight is 350 g/mol. The molecule has 0 aromatic heterocycles. The zero-order chi connectivity index (χ0) is 18.7. The van der Waals surface area contributed by atoms with Crippen LogP contribution in [-0.2, 0) is 9.53 Å². The number of hydrogen-bond donors (Lipinski definition) is 1. The molecule has 1 aliphatic rings. The molecular formula is C20H18N2O4. The molecule has 1 heterocycles. The van der Waals surface area contributed by atoms with Crippen molar-refractivity contribution in [2.24, 2.45) is 0 Å². The fourth-order valence-corrected chi connectivity index (χ4v) is 2.64. The quantitative estimate of drug-likeness (QED) is 0.864. The molecule has 0 bridgehead atoms. The van der Waals surface area contributed by atoms with Crippen LogP contribution in [0.15, 0.2) is 72.2 Å². The Morgan fingerprint density at radius 1 is 0.962 bits per heavy atom. The number of carbonyl (C=O) groups excluding carboxylic acids is 3. The predicted molar refractivity (Wildman–Crippen MR) is 94.8 cm³/mol. The molecule has 2 amide bonds. The Morgan fingerprint density at radius 3 is 2.08 bits per heavy atom. The predicted octanol–water partition coefficient (Wildman–Crippen LogP) is 2.69. The summed E-state index contributed by atoms with van der Waals surface area (Å²) >= 11 is 0. The lowest BCUT2D eigenvalue weighted by Crippen LogP contribution is -2.36. The fraction of sp³-hybridized carbons (Fsp3) is 0.150. The molecule has 26 heavy (non-hydrogen) atoms. The van der Waals surface area contributed by atoms with Crippen molar-refractivity contribution in [3.63, 3.8) is 0 Å². The van der Waals surface area contributed by atoms with Crippen molar-refractivity contribution in [2.45, 2.75) is 19.9 Å². The lowest BCUT2D eigenvalue weighted by molar-refractivity contribution is -0.136. The second-order valence-electron chi connectivity index (χ2n) is 5.89. The Bertz CT molecular complexity index is 875. The first-order chi connectivity index (χ1) is 12.5. The topological polar surface area (TPSA) is 75.7 Å². The number of cyclic esters (lactones) is 1. The Hall–Kier alpha value is -3.41. The van der Waals surface area contributed by atoms with Crippen LogP contribution in [0.1, 0.15) is 34.6 Å². The second-order valence-corrected chi connectivity index (χ2v) is 5.89. The summed E-state index contributed by atoms with van der Waals surface area (Å²) in [5.74, 6) is -1.22. The Morgan fingerprint density at radius 2 is 1.50 bits per heavy atom. The summed E-state index contributed by atoms with van der Waals surface area (Å²) in [6.45, 7) is 3.18. The van der Waals surface area contributed by atoms with Gasteiger partial charge in [0.1, 0.15) is 6.04 Å². The molecule has 2 aromatic rings. The van der Waals surface area contributed by atoms with Gasteiger partial charge in [0.15, 0.2) is 0 Å². The third kappa shape index (κ3) is 3.35. The number of carbonyl (C=O) groups is 3. The van der Waals surface area contributed by atoms with Crippen molar-refractivity contribution in [1.29, 1.82) is 0 Å². The van der Waals surface area contributed by atoms with E-state index in [0.717, 1.165) is 0 Å². The van der Waals surface area contributed by atoms with Crippen LogP contribution < -0.4 is 5.32 Å². The molecule has 6 nitrogen and oxygen atoms in total. The molecule has 1 fully saturated rings. The number of benzene rings is 2. The van der Waals surface area contributed by atoms with Gasteiger partial charge < -0.3 is 10.1 Å². The van der Waals surface area contributed by atoms with Crippen LogP contribution in [0.3, 0.4) is 0 Å². The first-order valence-corrected chi connectivity index (χ1v) is 8.16. The van der Waals surface area contributed by atoms with Gasteiger partial charge in [0.2, 0.25) is 5.88 Å². The van der Waals surface area contributed by atoms with Gasteiger partial charge in [-0.2, -0.15) is 0 Å². The monoisotopic (exact) mass is 350 g/mol. The molecule has 0 unspecified atom stereocenters. The summed E-state index contributed by atoms with van der Waals surface area (Å²) in [4.78, 5) is 38.4. The largest absolute Gasteiger partial charge is 0.406 e. The van der Waals surface area contributed by atoms with Gasteiger partial charge in [-0.15, -0.1) is 0 Å². The molecule has 1 N–H and O–H groups in total. The van der Waals surface area contributed by atoms with Gasteiger partial charge >= 0.3 is 5.97 Å². The standard InChI is InChI=1S/C20H18N2O4/c1-13(21-17(23)15-9-5-3-6-10-15)19-22(14(2)20(25)26-19)18(24)16-11-7-4-8-12-16/h3-12,14H,1-2H3,(H,21,23)/b19-13+/t14-/m1/s1. The summed E-state index contributed by atoms with van der Waals surface area (Å²) in [5, 5.41) is 2.69. The molecule has 1 atom stereocenters. The summed E-state index contributed by atoms with van der Waals surface area (Å²) < 4.78 is 5.26. The number of amides is 2. The Kier molecular flexibility index (Phi) is 4.84. The van der Waals surface area contributed by atoms with Crippen LogP contribution in [0, 0.1) is 0 Å². The Labute approximate surface area is 151 Å². The Balaban J connectivity index is 1.90. The molecule has 1 aliphatic heterocycles. The molecule has 0 spiro atoms. The highest BCUT2D eigenvalue weighted by Crippen LogP contribution is 2.26. The third-order valence-electron chi connectivity index (χ3n) is 4.04. The number of nitrogens with one attached hydrogen (secondary N) is 1. The smallest absolute Gasteiger partial charge is 0.335 e. The minimum atomic E-state index is -0.777. The van der Waals surface area contributed by atoms with Gasteiger partial charge in [-0.05, 0) is 38.1 Å². The maximum Gasteiger partial charge on any atom is 0.335 e. The van der Waals surface area contributed by atoms with Gasteiger partial charge in [0.05, 0.1) is 5.70 Å². The summed E-state index contributed by atoms with van der Waals surface area (Å²) in [6, 6.07) is 16.5. The minimum absolute atomic E-state index is 0.0423. The molecule has 0 aliphatic carbocycles. The van der Waals surface area contributed by atoms with E-state index in [1.165, 1.54) is 4.90 Å². The molecule has 3 rings (SSSR count). The molecule has 1 saturated heterocycles. The van der Waals surface area contributed by atoms with Gasteiger partial charge in [0.25, 0.3) is 11.8 Å². The summed E-state index contributed by atoms with van der Waals surface area (Å²) in [5.41, 5.74) is 1.18. The molecule has 2 aromatic carbocycles. The van der Waals surface area contributed by atoms with Crippen LogP contribution in [0.4, 0.5) is 0 Å². The average Bonchev–Trinajstić information content (AvgIpc) is 2.97. The van der Waals surface area contributed by atoms with Gasteiger partial charge in [-0.1, -0.05) is 36.4 Å². The van der Waals surface area contributed by atoms with E-state index in [-0.39, 0.29) is 17.7 Å². The zero-order valence-corrected chi connectivity index (χ0v) is 14.4. The number of ether oxygens (including phenoxy) is 1. The van der Waals surface area contributed by atoms with E-state index in [0.29, 0.717) is 16.8 Å². The molecule has 132 valence electrons. The molecule has 0 saturated carbocycles. The lowest BCUT2D eigenvalue weighted by atomic mass is 10.1. The van der Waals surface area contributed by atoms with Crippen molar-refractivity contribution >= 4 is 17.8 Å². The van der Waals surface area contributed by atoms with E-state index in [4.69, 9.17) is 4.74 Å². The first kappa shape index (κ1) is 17.4. The first-order valence-electron chi connectivity index (χ1n) is 8.16. The maximum atomic E-state index is 12.8. The highest BCUT2D eigenvalue weighted by molar-refractivity contribution is 6.00. The van der Waals surface area contributed by atoms with Crippen molar-refractivity contribution in [1.82, 2.24) is 10.2 Å². The van der Waals surface area contributed by atoms with E-state index >= 15 is 0 Å². The highest BCUT2D eigenvalue weighted by atomic mass is 16.6. The SMILES string of the molecule is C/C(NC(=O)c1ccccc1)=C1\OC(=O)[C@@H](C)N1C(=O)c1ccccc1. The van der Waals surface area contributed by atoms with Crippen molar-refractivity contribution in [2.75, 3.05) is 0 Å². The number of rotatable bonds is 3. The summed E-state index contributed by atoms with van der Waals surface area (Å²) in [7, 11) is 0. The molecular weight excluding hydrogens is 332 g/mol. The molecule has 0 radical (unpaired) electrons. The van der Waals surface area contributed by atoms with Gasteiger partial charge in [-0.3, -0.25) is 14.5 Å². The zero-order valence-electron chi connectivity index (χ0n) is 14.4. The van der Waals surface area contributed by atoms with Crippen LogP contribution in [0.5, 0.6) is 0 Å². The van der Waals surface area contributed by atoms with E-state index in [1.807, 2.05) is 6.07 Å². The van der Waals surface area contributed by atoms with Gasteiger partial charge in [0, 0.05) is 11.1 Å². The second kappa shape index (κ2) is 7.23. The van der Waals surface area contributed by atoms with Crippen LogP contribution in [-0.4, -0.2) is 28.7 Å². The van der Waals surface area contributed by atoms with Crippen molar-refractivity contribution in [3.05, 3.63) is 83.4 Å². The van der Waals surface area contributed by atoms with Crippen LogP contribution >= 0.6 is 0 Å². The fourth-order valence-electron chi connectivity index (χ4n) is 2.64. The van der Waals surface area contributed by atoms with Crippen LogP contribution in [0.2, 0.25) is 0 Å². The summed E-state index contributed by atoms with van der Waals surface area (Å²) in [6.07, 6.45) is 0. The normalized spacial score (nSPS) is 18.3. The van der Waals surface area contributed by atoms with E-state index in [1.54, 1.807) is 68.4 Å². The minimum Gasteiger partial charge on any atom is -0.406 e. The number of allylic oxidation sites excluding steroid dienone is 1. The molecule has 6 heteroatoms. The van der Waals surface area contributed by atoms with E-state index in [2.05, 4.69) is 5.32 Å². The third-order valence-corrected chi connectivity index (χ3v) is 4.04. The van der Waals surface area contributed by atoms with Gasteiger partial charge in [-0.25, -0.2) is 4.79 Å².